The first-order chi connectivity index (χ1) is 9.16. The first-order valence-corrected chi connectivity index (χ1v) is 6.48. The number of benzene rings is 2. The first kappa shape index (κ1) is 11.8. The Labute approximate surface area is 113 Å². The van der Waals surface area contributed by atoms with Crippen molar-refractivity contribution in [3.8, 4) is 0 Å². The van der Waals surface area contributed by atoms with Crippen molar-refractivity contribution in [2.75, 3.05) is 4.90 Å². The maximum Gasteiger partial charge on any atom is 0.122 e. The van der Waals surface area contributed by atoms with E-state index >= 15 is 0 Å². The van der Waals surface area contributed by atoms with Gasteiger partial charge in [-0.05, 0) is 49.2 Å². The number of hydrogen-bond donors (Lipinski definition) is 2. The molecule has 1 heterocycles. The monoisotopic (exact) mass is 251 g/mol. The van der Waals surface area contributed by atoms with Crippen LogP contribution in [0, 0.1) is 5.41 Å². The number of nitrogen functional groups attached to an aromatic ring is 1. The lowest BCUT2D eigenvalue weighted by atomic mass is 10.1. The Hall–Kier alpha value is -2.29. The van der Waals surface area contributed by atoms with Crippen LogP contribution in [0.25, 0.3) is 0 Å². The molecular weight excluding hydrogens is 234 g/mol. The maximum absolute atomic E-state index is 7.44. The van der Waals surface area contributed by atoms with E-state index in [1.165, 1.54) is 11.3 Å². The van der Waals surface area contributed by atoms with Crippen LogP contribution in [0.15, 0.2) is 48.5 Å². The van der Waals surface area contributed by atoms with Gasteiger partial charge in [-0.3, -0.25) is 5.41 Å². The Balaban J connectivity index is 2.00. The van der Waals surface area contributed by atoms with Gasteiger partial charge in [0.05, 0.1) is 0 Å². The second-order valence-corrected chi connectivity index (χ2v) is 5.01. The van der Waals surface area contributed by atoms with E-state index < -0.39 is 0 Å². The van der Waals surface area contributed by atoms with Crippen molar-refractivity contribution in [1.29, 1.82) is 5.41 Å². The molecule has 0 aromatic heterocycles. The molecule has 0 amide bonds. The van der Waals surface area contributed by atoms with Gasteiger partial charge in [-0.15, -0.1) is 0 Å². The highest BCUT2D eigenvalue weighted by Gasteiger charge is 2.26. The molecule has 1 aliphatic rings. The molecule has 96 valence electrons. The number of fused-ring (bicyclic) bond motifs is 1. The highest BCUT2D eigenvalue weighted by molar-refractivity contribution is 5.95. The van der Waals surface area contributed by atoms with Gasteiger partial charge < -0.3 is 10.6 Å². The fourth-order valence-corrected chi connectivity index (χ4v) is 2.76. The third-order valence-electron chi connectivity index (χ3n) is 3.66. The van der Waals surface area contributed by atoms with Crippen molar-refractivity contribution in [2.45, 2.75) is 19.4 Å². The van der Waals surface area contributed by atoms with Crippen molar-refractivity contribution in [2.24, 2.45) is 5.73 Å². The van der Waals surface area contributed by atoms with E-state index in [1.807, 2.05) is 24.3 Å². The normalized spacial score (nSPS) is 17.3. The predicted octanol–water partition coefficient (Wildman–Crippen LogP) is 3.05. The predicted molar refractivity (Wildman–Crippen MR) is 79.2 cm³/mol. The summed E-state index contributed by atoms with van der Waals surface area (Å²) in [6, 6.07) is 16.9. The molecule has 0 spiro atoms. The summed E-state index contributed by atoms with van der Waals surface area (Å²) < 4.78 is 0. The number of amidine groups is 1. The summed E-state index contributed by atoms with van der Waals surface area (Å²) in [6.45, 7) is 2.24. The van der Waals surface area contributed by atoms with Gasteiger partial charge in [-0.25, -0.2) is 0 Å². The minimum Gasteiger partial charge on any atom is -0.384 e. The molecule has 1 atom stereocenters. The van der Waals surface area contributed by atoms with E-state index in [0.717, 1.165) is 17.7 Å². The van der Waals surface area contributed by atoms with E-state index in [0.29, 0.717) is 6.04 Å². The molecule has 3 heteroatoms. The van der Waals surface area contributed by atoms with Crippen LogP contribution in [0.1, 0.15) is 18.1 Å². The standard InChI is InChI=1S/C16H17N3/c1-11-10-13-4-2-3-5-15(13)19(11)14-8-6-12(7-9-14)16(17)18/h2-9,11H,10H2,1H3,(H3,17,18). The van der Waals surface area contributed by atoms with Gasteiger partial charge in [-0.2, -0.15) is 0 Å². The Bertz CT molecular complexity index is 616. The summed E-state index contributed by atoms with van der Waals surface area (Å²) in [4.78, 5) is 2.35. The van der Waals surface area contributed by atoms with Crippen LogP contribution in [-0.4, -0.2) is 11.9 Å². The summed E-state index contributed by atoms with van der Waals surface area (Å²) >= 11 is 0. The van der Waals surface area contributed by atoms with Crippen LogP contribution < -0.4 is 10.6 Å². The third kappa shape index (κ3) is 1.97. The Morgan fingerprint density at radius 1 is 1.16 bits per heavy atom. The Kier molecular flexibility index (Phi) is 2.75. The molecule has 19 heavy (non-hydrogen) atoms. The number of para-hydroxylation sites is 1. The molecule has 1 unspecified atom stereocenters. The molecule has 0 saturated carbocycles. The molecule has 0 bridgehead atoms. The summed E-state index contributed by atoms with van der Waals surface area (Å²) in [6.07, 6.45) is 1.07. The lowest BCUT2D eigenvalue weighted by Crippen LogP contribution is -2.23. The smallest absolute Gasteiger partial charge is 0.122 e. The SMILES string of the molecule is CC1Cc2ccccc2N1c1ccc(C(=N)N)cc1. The summed E-state index contributed by atoms with van der Waals surface area (Å²) in [5.74, 6) is 0.112. The van der Waals surface area contributed by atoms with Crippen LogP contribution in [0.2, 0.25) is 0 Å². The van der Waals surface area contributed by atoms with Crippen LogP contribution in [0.3, 0.4) is 0 Å². The molecule has 3 N–H and O–H groups in total. The average Bonchev–Trinajstić information content (AvgIpc) is 2.74. The maximum atomic E-state index is 7.44. The van der Waals surface area contributed by atoms with E-state index in [4.69, 9.17) is 11.1 Å². The van der Waals surface area contributed by atoms with Crippen LogP contribution in [0.5, 0.6) is 0 Å². The molecule has 0 fully saturated rings. The highest BCUT2D eigenvalue weighted by atomic mass is 15.2. The second kappa shape index (κ2) is 4.43. The average molecular weight is 251 g/mol. The molecule has 0 saturated heterocycles. The van der Waals surface area contributed by atoms with Crippen LogP contribution >= 0.6 is 0 Å². The highest BCUT2D eigenvalue weighted by Crippen LogP contribution is 2.37. The number of nitrogens with zero attached hydrogens (tertiary/aromatic N) is 1. The topological polar surface area (TPSA) is 53.1 Å². The van der Waals surface area contributed by atoms with Crippen molar-refractivity contribution in [3.05, 3.63) is 59.7 Å². The summed E-state index contributed by atoms with van der Waals surface area (Å²) in [7, 11) is 0. The lowest BCUT2D eigenvalue weighted by molar-refractivity contribution is 0.759. The van der Waals surface area contributed by atoms with Gasteiger partial charge in [0.1, 0.15) is 5.84 Å². The molecule has 1 aliphatic heterocycles. The van der Waals surface area contributed by atoms with Gasteiger partial charge in [0.2, 0.25) is 0 Å². The molecule has 0 radical (unpaired) electrons. The zero-order chi connectivity index (χ0) is 13.4. The van der Waals surface area contributed by atoms with Gasteiger partial charge >= 0.3 is 0 Å². The second-order valence-electron chi connectivity index (χ2n) is 5.01. The fraction of sp³-hybridized carbons (Fsp3) is 0.188. The van der Waals surface area contributed by atoms with Crippen LogP contribution in [0.4, 0.5) is 11.4 Å². The Morgan fingerprint density at radius 2 is 1.84 bits per heavy atom. The van der Waals surface area contributed by atoms with E-state index in [9.17, 15) is 0 Å². The number of rotatable bonds is 2. The number of hydrogen-bond acceptors (Lipinski definition) is 2. The summed E-state index contributed by atoms with van der Waals surface area (Å²) in [5, 5.41) is 7.44. The van der Waals surface area contributed by atoms with Gasteiger partial charge in [-0.1, -0.05) is 18.2 Å². The third-order valence-corrected chi connectivity index (χ3v) is 3.66. The zero-order valence-electron chi connectivity index (χ0n) is 10.9. The van der Waals surface area contributed by atoms with Gasteiger partial charge in [0.15, 0.2) is 0 Å². The van der Waals surface area contributed by atoms with Crippen molar-refractivity contribution < 1.29 is 0 Å². The van der Waals surface area contributed by atoms with E-state index in [-0.39, 0.29) is 5.84 Å². The number of anilines is 2. The minimum atomic E-state index is 0.112. The van der Waals surface area contributed by atoms with E-state index in [1.54, 1.807) is 0 Å². The number of nitrogens with two attached hydrogens (primary N) is 1. The zero-order valence-corrected chi connectivity index (χ0v) is 10.9. The molecule has 2 aromatic carbocycles. The van der Waals surface area contributed by atoms with E-state index in [2.05, 4.69) is 36.1 Å². The minimum absolute atomic E-state index is 0.112. The van der Waals surface area contributed by atoms with Crippen molar-refractivity contribution in [1.82, 2.24) is 0 Å². The van der Waals surface area contributed by atoms with Gasteiger partial charge in [0, 0.05) is 23.0 Å². The first-order valence-electron chi connectivity index (χ1n) is 6.48. The molecular formula is C16H17N3. The fourth-order valence-electron chi connectivity index (χ4n) is 2.76. The largest absolute Gasteiger partial charge is 0.384 e. The lowest BCUT2D eigenvalue weighted by Gasteiger charge is -2.25. The molecule has 3 nitrogen and oxygen atoms in total. The van der Waals surface area contributed by atoms with Crippen molar-refractivity contribution >= 4 is 17.2 Å². The van der Waals surface area contributed by atoms with Crippen LogP contribution in [-0.2, 0) is 6.42 Å². The molecule has 2 aromatic rings. The Morgan fingerprint density at radius 3 is 2.53 bits per heavy atom. The van der Waals surface area contributed by atoms with Gasteiger partial charge in [0.25, 0.3) is 0 Å². The summed E-state index contributed by atoms with van der Waals surface area (Å²) in [5.41, 5.74) is 10.1. The number of nitrogens with one attached hydrogen (secondary N) is 1. The van der Waals surface area contributed by atoms with Crippen molar-refractivity contribution in [3.63, 3.8) is 0 Å². The molecule has 0 aliphatic carbocycles. The molecule has 3 rings (SSSR count). The quantitative estimate of drug-likeness (QED) is 0.636.